The molecule has 1 aliphatic rings. The van der Waals surface area contributed by atoms with Crippen LogP contribution in [0.4, 0.5) is 13.2 Å². The Hall–Kier alpha value is -0.640. The van der Waals surface area contributed by atoms with E-state index in [0.717, 1.165) is 21.8 Å². The lowest BCUT2D eigenvalue weighted by atomic mass is 9.91. The van der Waals surface area contributed by atoms with Crippen molar-refractivity contribution < 1.29 is 26.3 Å². The smallest absolute Gasteiger partial charge is 0.381 e. The second-order valence-corrected chi connectivity index (χ2v) is 8.27. The van der Waals surface area contributed by atoms with Gasteiger partial charge in [0.1, 0.15) is 9.75 Å². The molecule has 120 valence electrons. The van der Waals surface area contributed by atoms with Crippen molar-refractivity contribution in [3.8, 4) is 0 Å². The van der Waals surface area contributed by atoms with Crippen LogP contribution in [0.2, 0.25) is 0 Å². The first-order valence-electron chi connectivity index (χ1n) is 6.33. The summed E-state index contributed by atoms with van der Waals surface area (Å²) in [5, 5.41) is 0. The van der Waals surface area contributed by atoms with E-state index in [1.807, 2.05) is 4.72 Å². The molecule has 0 atom stereocenters. The van der Waals surface area contributed by atoms with Crippen LogP contribution in [-0.4, -0.2) is 33.3 Å². The summed E-state index contributed by atoms with van der Waals surface area (Å²) in [6.07, 6.45) is -5.50. The van der Waals surface area contributed by atoms with Crippen molar-refractivity contribution in [3.05, 3.63) is 16.5 Å². The molecular formula is C12H16F3NO3S2. The number of rotatable bonds is 3. The Labute approximate surface area is 125 Å². The van der Waals surface area contributed by atoms with Gasteiger partial charge in [0.2, 0.25) is 0 Å². The van der Waals surface area contributed by atoms with Crippen molar-refractivity contribution in [1.29, 1.82) is 0 Å². The fraction of sp³-hybridized carbons (Fsp3) is 0.667. The average Bonchev–Trinajstić information content (AvgIpc) is 2.70. The summed E-state index contributed by atoms with van der Waals surface area (Å²) < 4.78 is 71.3. The van der Waals surface area contributed by atoms with Crippen LogP contribution in [0.15, 0.2) is 10.3 Å². The summed E-state index contributed by atoms with van der Waals surface area (Å²) in [7, 11) is -4.21. The highest BCUT2D eigenvalue weighted by Gasteiger charge is 2.57. The second-order valence-electron chi connectivity index (χ2n) is 5.10. The first-order chi connectivity index (χ1) is 9.57. The van der Waals surface area contributed by atoms with Crippen molar-refractivity contribution in [2.24, 2.45) is 0 Å². The highest BCUT2D eigenvalue weighted by atomic mass is 32.2. The number of hydrogen-bond acceptors (Lipinski definition) is 4. The molecular weight excluding hydrogens is 327 g/mol. The molecule has 1 saturated heterocycles. The molecule has 9 heteroatoms. The zero-order valence-electron chi connectivity index (χ0n) is 11.6. The second kappa shape index (κ2) is 5.53. The van der Waals surface area contributed by atoms with E-state index in [4.69, 9.17) is 4.74 Å². The van der Waals surface area contributed by atoms with Gasteiger partial charge >= 0.3 is 6.18 Å². The first kappa shape index (κ1) is 16.7. The molecule has 0 saturated carbocycles. The molecule has 4 nitrogen and oxygen atoms in total. The molecule has 0 amide bonds. The van der Waals surface area contributed by atoms with Crippen LogP contribution in [0, 0.1) is 13.8 Å². The zero-order valence-corrected chi connectivity index (χ0v) is 13.2. The van der Waals surface area contributed by atoms with E-state index < -0.39 is 34.6 Å². The van der Waals surface area contributed by atoms with Gasteiger partial charge in [0.15, 0.2) is 0 Å². The van der Waals surface area contributed by atoms with Gasteiger partial charge in [-0.2, -0.15) is 17.9 Å². The zero-order chi connectivity index (χ0) is 15.9. The molecule has 1 N–H and O–H groups in total. The molecule has 0 unspecified atom stereocenters. The highest BCUT2D eigenvalue weighted by Crippen LogP contribution is 2.39. The highest BCUT2D eigenvalue weighted by molar-refractivity contribution is 7.91. The lowest BCUT2D eigenvalue weighted by Gasteiger charge is -2.38. The summed E-state index contributed by atoms with van der Waals surface area (Å²) >= 11 is 0.970. The number of alkyl halides is 3. The standard InChI is InChI=1S/C12H16F3NO3S2/c1-8-7-10(20-9(8)2)21(17,18)16-11(12(13,14)15)3-5-19-6-4-11/h7,16H,3-6H2,1-2H3. The van der Waals surface area contributed by atoms with Gasteiger partial charge in [-0.3, -0.25) is 0 Å². The fourth-order valence-electron chi connectivity index (χ4n) is 2.14. The largest absolute Gasteiger partial charge is 0.407 e. The molecule has 2 heterocycles. The molecule has 1 aromatic heterocycles. The van der Waals surface area contributed by atoms with E-state index >= 15 is 0 Å². The third kappa shape index (κ3) is 3.25. The summed E-state index contributed by atoms with van der Waals surface area (Å²) in [5.41, 5.74) is -1.70. The van der Waals surface area contributed by atoms with Crippen molar-refractivity contribution in [2.45, 2.75) is 42.6 Å². The topological polar surface area (TPSA) is 55.4 Å². The molecule has 0 aromatic carbocycles. The molecule has 0 aliphatic carbocycles. The Bertz CT molecular complexity index is 597. The van der Waals surface area contributed by atoms with E-state index in [2.05, 4.69) is 0 Å². The van der Waals surface area contributed by atoms with E-state index in [1.54, 1.807) is 13.8 Å². The fourth-order valence-corrected chi connectivity index (χ4v) is 5.11. The third-order valence-corrected chi connectivity index (χ3v) is 6.79. The van der Waals surface area contributed by atoms with Crippen molar-refractivity contribution in [1.82, 2.24) is 4.72 Å². The van der Waals surface area contributed by atoms with Crippen molar-refractivity contribution in [3.63, 3.8) is 0 Å². The number of sulfonamides is 1. The van der Waals surface area contributed by atoms with E-state index in [-0.39, 0.29) is 17.4 Å². The summed E-state index contributed by atoms with van der Waals surface area (Å²) in [6.45, 7) is 3.21. The third-order valence-electron chi connectivity index (χ3n) is 3.63. The summed E-state index contributed by atoms with van der Waals surface area (Å²) in [5.74, 6) is 0. The molecule has 1 fully saturated rings. The van der Waals surface area contributed by atoms with Gasteiger partial charge < -0.3 is 4.74 Å². The Morgan fingerprint density at radius 2 is 1.86 bits per heavy atom. The first-order valence-corrected chi connectivity index (χ1v) is 8.63. The SMILES string of the molecule is Cc1cc(S(=O)(=O)NC2(C(F)(F)F)CCOCC2)sc1C. The van der Waals surface area contributed by atoms with Gasteiger partial charge in [0.05, 0.1) is 0 Å². The van der Waals surface area contributed by atoms with E-state index in [0.29, 0.717) is 0 Å². The minimum Gasteiger partial charge on any atom is -0.381 e. The maximum Gasteiger partial charge on any atom is 0.407 e. The van der Waals surface area contributed by atoms with Gasteiger partial charge in [0.25, 0.3) is 10.0 Å². The van der Waals surface area contributed by atoms with Crippen LogP contribution in [0.5, 0.6) is 0 Å². The summed E-state index contributed by atoms with van der Waals surface area (Å²) in [4.78, 5) is 0.767. The number of halogens is 3. The van der Waals surface area contributed by atoms with Gasteiger partial charge in [-0.05, 0) is 38.3 Å². The van der Waals surface area contributed by atoms with Crippen LogP contribution < -0.4 is 4.72 Å². The maximum atomic E-state index is 13.3. The summed E-state index contributed by atoms with van der Waals surface area (Å²) in [6, 6.07) is 1.39. The maximum absolute atomic E-state index is 13.3. The van der Waals surface area contributed by atoms with Crippen LogP contribution in [0.3, 0.4) is 0 Å². The molecule has 21 heavy (non-hydrogen) atoms. The van der Waals surface area contributed by atoms with Crippen molar-refractivity contribution >= 4 is 21.4 Å². The monoisotopic (exact) mass is 343 g/mol. The van der Waals surface area contributed by atoms with Crippen LogP contribution in [0.25, 0.3) is 0 Å². The number of hydrogen-bond donors (Lipinski definition) is 1. The lowest BCUT2D eigenvalue weighted by Crippen LogP contribution is -2.61. The predicted molar refractivity (Wildman–Crippen MR) is 73.0 cm³/mol. The van der Waals surface area contributed by atoms with Crippen LogP contribution >= 0.6 is 11.3 Å². The molecule has 1 aromatic rings. The van der Waals surface area contributed by atoms with Gasteiger partial charge in [-0.15, -0.1) is 11.3 Å². The predicted octanol–water partition coefficient (Wildman–Crippen LogP) is 2.75. The van der Waals surface area contributed by atoms with E-state index in [9.17, 15) is 21.6 Å². The number of nitrogens with one attached hydrogen (secondary N) is 1. The van der Waals surface area contributed by atoms with Gasteiger partial charge in [0, 0.05) is 18.1 Å². The Morgan fingerprint density at radius 1 is 1.29 bits per heavy atom. The van der Waals surface area contributed by atoms with Gasteiger partial charge in [-0.25, -0.2) is 8.42 Å². The minimum absolute atomic E-state index is 0.0902. The van der Waals surface area contributed by atoms with Gasteiger partial charge in [-0.1, -0.05) is 0 Å². The number of ether oxygens (including phenoxy) is 1. The van der Waals surface area contributed by atoms with Crippen LogP contribution in [-0.2, 0) is 14.8 Å². The lowest BCUT2D eigenvalue weighted by molar-refractivity contribution is -0.210. The molecule has 1 aliphatic heterocycles. The molecule has 0 bridgehead atoms. The number of aryl methyl sites for hydroxylation is 2. The Kier molecular flexibility index (Phi) is 4.40. The number of thiophene rings is 1. The Balaban J connectivity index is 2.36. The molecule has 0 spiro atoms. The van der Waals surface area contributed by atoms with E-state index in [1.165, 1.54) is 6.07 Å². The van der Waals surface area contributed by atoms with Crippen molar-refractivity contribution in [2.75, 3.05) is 13.2 Å². The normalized spacial score (nSPS) is 19.7. The quantitative estimate of drug-likeness (QED) is 0.918. The van der Waals surface area contributed by atoms with Crippen LogP contribution in [0.1, 0.15) is 23.3 Å². The molecule has 0 radical (unpaired) electrons. The average molecular weight is 343 g/mol. The minimum atomic E-state index is -4.66. The molecule has 2 rings (SSSR count). The Morgan fingerprint density at radius 3 is 2.29 bits per heavy atom.